The summed E-state index contributed by atoms with van der Waals surface area (Å²) < 4.78 is 5.71. The lowest BCUT2D eigenvalue weighted by Gasteiger charge is -2.31. The summed E-state index contributed by atoms with van der Waals surface area (Å²) in [5.41, 5.74) is 0. The standard InChI is InChI=1S/C15H19N3O4S/c19-8-12-11(17-14(21)9-1-2-9)4-3-10(22-12)7-13(20)18-15-16-5-6-23-15/h3-6,9-12,19H,1-2,7-8H2,(H,17,21)(H,16,18,20)/t10-,11-,12+/m0/s1. The van der Waals surface area contributed by atoms with Gasteiger partial charge in [0.1, 0.15) is 6.10 Å². The maximum Gasteiger partial charge on any atom is 0.229 e. The Balaban J connectivity index is 1.53. The topological polar surface area (TPSA) is 101 Å². The summed E-state index contributed by atoms with van der Waals surface area (Å²) in [4.78, 5) is 27.7. The molecular weight excluding hydrogens is 318 g/mol. The zero-order valence-electron chi connectivity index (χ0n) is 12.5. The number of aromatic nitrogens is 1. The molecule has 1 fully saturated rings. The predicted octanol–water partition coefficient (Wildman–Crippen LogP) is 0.682. The first-order valence-corrected chi connectivity index (χ1v) is 8.48. The molecule has 1 aromatic rings. The molecule has 23 heavy (non-hydrogen) atoms. The average molecular weight is 337 g/mol. The minimum Gasteiger partial charge on any atom is -0.394 e. The molecule has 2 aliphatic rings. The van der Waals surface area contributed by atoms with Crippen molar-refractivity contribution in [1.82, 2.24) is 10.3 Å². The SMILES string of the molecule is O=C(C[C@@H]1C=C[C@H](NC(=O)C2CC2)[C@@H](CO)O1)Nc1nccs1. The van der Waals surface area contributed by atoms with Crippen LogP contribution in [-0.2, 0) is 14.3 Å². The quantitative estimate of drug-likeness (QED) is 0.663. The third kappa shape index (κ3) is 4.37. The molecule has 1 saturated carbocycles. The molecule has 0 radical (unpaired) electrons. The molecule has 0 aromatic carbocycles. The summed E-state index contributed by atoms with van der Waals surface area (Å²) in [6.45, 7) is -0.218. The van der Waals surface area contributed by atoms with Crippen molar-refractivity contribution in [2.45, 2.75) is 37.5 Å². The van der Waals surface area contributed by atoms with E-state index in [0.29, 0.717) is 5.13 Å². The number of hydrogen-bond donors (Lipinski definition) is 3. The molecule has 3 N–H and O–H groups in total. The van der Waals surface area contributed by atoms with Gasteiger partial charge in [0, 0.05) is 17.5 Å². The number of amides is 2. The Labute approximate surface area is 137 Å². The van der Waals surface area contributed by atoms with Crippen molar-refractivity contribution in [3.63, 3.8) is 0 Å². The minimum atomic E-state index is -0.541. The van der Waals surface area contributed by atoms with Crippen LogP contribution in [0.2, 0.25) is 0 Å². The molecule has 7 nitrogen and oxygen atoms in total. The van der Waals surface area contributed by atoms with Crippen LogP contribution in [0.4, 0.5) is 5.13 Å². The zero-order valence-corrected chi connectivity index (χ0v) is 13.3. The van der Waals surface area contributed by atoms with E-state index in [1.807, 2.05) is 0 Å². The van der Waals surface area contributed by atoms with E-state index in [2.05, 4.69) is 15.6 Å². The van der Waals surface area contributed by atoms with E-state index in [1.54, 1.807) is 23.7 Å². The lowest BCUT2D eigenvalue weighted by molar-refractivity contribution is -0.126. The Morgan fingerprint density at radius 1 is 1.39 bits per heavy atom. The maximum atomic E-state index is 11.9. The average Bonchev–Trinajstić information content (AvgIpc) is 3.27. The van der Waals surface area contributed by atoms with Crippen LogP contribution in [0.5, 0.6) is 0 Å². The number of rotatable bonds is 6. The third-order valence-corrected chi connectivity index (χ3v) is 4.47. The van der Waals surface area contributed by atoms with E-state index < -0.39 is 12.2 Å². The van der Waals surface area contributed by atoms with E-state index in [0.717, 1.165) is 12.8 Å². The molecule has 0 unspecified atom stereocenters. The first kappa shape index (κ1) is 16.1. The molecule has 1 aliphatic heterocycles. The molecule has 0 bridgehead atoms. The number of carbonyl (C=O) groups is 2. The van der Waals surface area contributed by atoms with Gasteiger partial charge in [-0.2, -0.15) is 0 Å². The number of nitrogens with zero attached hydrogens (tertiary/aromatic N) is 1. The highest BCUT2D eigenvalue weighted by Crippen LogP contribution is 2.29. The molecule has 2 heterocycles. The highest BCUT2D eigenvalue weighted by atomic mass is 32.1. The van der Waals surface area contributed by atoms with Gasteiger partial charge >= 0.3 is 0 Å². The van der Waals surface area contributed by atoms with Gasteiger partial charge in [-0.1, -0.05) is 12.2 Å². The maximum absolute atomic E-state index is 11.9. The molecule has 2 amide bonds. The van der Waals surface area contributed by atoms with Gasteiger partial charge in [0.15, 0.2) is 5.13 Å². The second-order valence-electron chi connectivity index (χ2n) is 5.68. The van der Waals surface area contributed by atoms with Gasteiger partial charge in [0.05, 0.1) is 25.2 Å². The fraction of sp³-hybridized carbons (Fsp3) is 0.533. The summed E-state index contributed by atoms with van der Waals surface area (Å²) >= 11 is 1.34. The monoisotopic (exact) mass is 337 g/mol. The van der Waals surface area contributed by atoms with E-state index in [4.69, 9.17) is 4.74 Å². The van der Waals surface area contributed by atoms with Crippen LogP contribution >= 0.6 is 11.3 Å². The number of aliphatic hydroxyl groups excluding tert-OH is 1. The van der Waals surface area contributed by atoms with E-state index in [1.165, 1.54) is 11.3 Å². The fourth-order valence-corrected chi connectivity index (χ4v) is 2.95. The normalized spacial score (nSPS) is 26.7. The van der Waals surface area contributed by atoms with E-state index >= 15 is 0 Å². The number of thiazole rings is 1. The molecule has 0 spiro atoms. The highest BCUT2D eigenvalue weighted by Gasteiger charge is 2.34. The van der Waals surface area contributed by atoms with Gasteiger partial charge < -0.3 is 20.5 Å². The fourth-order valence-electron chi connectivity index (χ4n) is 2.40. The molecule has 0 saturated heterocycles. The molecule has 3 atom stereocenters. The van der Waals surface area contributed by atoms with Gasteiger partial charge in [-0.15, -0.1) is 11.3 Å². The van der Waals surface area contributed by atoms with Crippen LogP contribution in [0, 0.1) is 5.92 Å². The summed E-state index contributed by atoms with van der Waals surface area (Å²) in [6.07, 6.45) is 6.18. The molecule has 3 rings (SSSR count). The van der Waals surface area contributed by atoms with Crippen molar-refractivity contribution < 1.29 is 19.4 Å². The van der Waals surface area contributed by atoms with Crippen LogP contribution in [0.3, 0.4) is 0 Å². The second kappa shape index (κ2) is 7.20. The van der Waals surface area contributed by atoms with E-state index in [9.17, 15) is 14.7 Å². The van der Waals surface area contributed by atoms with Crippen molar-refractivity contribution >= 4 is 28.3 Å². The summed E-state index contributed by atoms with van der Waals surface area (Å²) in [7, 11) is 0. The Morgan fingerprint density at radius 3 is 2.87 bits per heavy atom. The van der Waals surface area contributed by atoms with Gasteiger partial charge in [-0.3, -0.25) is 9.59 Å². The van der Waals surface area contributed by atoms with Crippen LogP contribution < -0.4 is 10.6 Å². The molecular formula is C15H19N3O4S. The summed E-state index contributed by atoms with van der Waals surface area (Å²) in [6, 6.07) is -0.355. The van der Waals surface area contributed by atoms with Crippen LogP contribution in [0.1, 0.15) is 19.3 Å². The second-order valence-corrected chi connectivity index (χ2v) is 6.57. The van der Waals surface area contributed by atoms with Crippen LogP contribution in [0.25, 0.3) is 0 Å². The van der Waals surface area contributed by atoms with Crippen molar-refractivity contribution in [3.05, 3.63) is 23.7 Å². The molecule has 1 aromatic heterocycles. The number of nitrogens with one attached hydrogen (secondary N) is 2. The van der Waals surface area contributed by atoms with E-state index in [-0.39, 0.29) is 36.8 Å². The first-order valence-electron chi connectivity index (χ1n) is 7.60. The number of hydrogen-bond acceptors (Lipinski definition) is 6. The molecule has 1 aliphatic carbocycles. The summed E-state index contributed by atoms with van der Waals surface area (Å²) in [5, 5.41) is 17.4. The zero-order chi connectivity index (χ0) is 16.2. The van der Waals surface area contributed by atoms with Gasteiger partial charge in [-0.25, -0.2) is 4.98 Å². The molecule has 8 heteroatoms. The Kier molecular flexibility index (Phi) is 5.04. The van der Waals surface area contributed by atoms with Crippen molar-refractivity contribution in [2.75, 3.05) is 11.9 Å². The third-order valence-electron chi connectivity index (χ3n) is 3.79. The number of ether oxygens (including phenoxy) is 1. The first-order chi connectivity index (χ1) is 11.2. The summed E-state index contributed by atoms with van der Waals surface area (Å²) in [5.74, 6) is -0.0991. The van der Waals surface area contributed by atoms with Crippen LogP contribution in [-0.4, -0.2) is 46.8 Å². The van der Waals surface area contributed by atoms with Crippen molar-refractivity contribution in [1.29, 1.82) is 0 Å². The highest BCUT2D eigenvalue weighted by molar-refractivity contribution is 7.13. The molecule has 124 valence electrons. The number of aliphatic hydroxyl groups is 1. The van der Waals surface area contributed by atoms with Crippen molar-refractivity contribution in [2.24, 2.45) is 5.92 Å². The number of anilines is 1. The smallest absolute Gasteiger partial charge is 0.229 e. The lowest BCUT2D eigenvalue weighted by atomic mass is 10.0. The van der Waals surface area contributed by atoms with Crippen LogP contribution in [0.15, 0.2) is 23.7 Å². The number of carbonyl (C=O) groups excluding carboxylic acids is 2. The minimum absolute atomic E-state index is 0.00154. The van der Waals surface area contributed by atoms with Gasteiger partial charge in [0.25, 0.3) is 0 Å². The lowest BCUT2D eigenvalue weighted by Crippen LogP contribution is -2.49. The Morgan fingerprint density at radius 2 is 2.22 bits per heavy atom. The van der Waals surface area contributed by atoms with Crippen molar-refractivity contribution in [3.8, 4) is 0 Å². The largest absolute Gasteiger partial charge is 0.394 e. The Hall–Kier alpha value is -1.77. The predicted molar refractivity (Wildman–Crippen MR) is 84.9 cm³/mol. The van der Waals surface area contributed by atoms with Gasteiger partial charge in [0.2, 0.25) is 11.8 Å². The Bertz CT molecular complexity index is 586. The van der Waals surface area contributed by atoms with Gasteiger partial charge in [-0.05, 0) is 12.8 Å².